The lowest BCUT2D eigenvalue weighted by Crippen LogP contribution is -2.31. The van der Waals surface area contributed by atoms with Crippen molar-refractivity contribution in [3.8, 4) is 0 Å². The molecule has 0 atom stereocenters. The molecule has 0 saturated heterocycles. The van der Waals surface area contributed by atoms with Gasteiger partial charge in [0.25, 0.3) is 23.6 Å². The van der Waals surface area contributed by atoms with Crippen LogP contribution < -0.4 is 9.80 Å². The highest BCUT2D eigenvalue weighted by Crippen LogP contribution is 2.36. The van der Waals surface area contributed by atoms with E-state index in [0.717, 1.165) is 9.80 Å². The lowest BCUT2D eigenvalue weighted by molar-refractivity contribution is 0.0909. The monoisotopic (exact) mass is 748 g/mol. The fraction of sp³-hybridized carbons (Fsp3) is 0. The second-order valence-corrected chi connectivity index (χ2v) is 13.3. The maximum atomic E-state index is 13.9. The van der Waals surface area contributed by atoms with E-state index in [0.29, 0.717) is 11.1 Å². The number of amides is 4. The molecule has 4 amide bonds. The van der Waals surface area contributed by atoms with Crippen molar-refractivity contribution < 1.29 is 33.6 Å². The topological polar surface area (TPSA) is 126 Å². The van der Waals surface area contributed by atoms with E-state index in [-0.39, 0.29) is 65.9 Å². The zero-order valence-electron chi connectivity index (χ0n) is 27.7. The third-order valence-electron chi connectivity index (χ3n) is 9.26. The summed E-state index contributed by atoms with van der Waals surface area (Å²) >= 11 is 12.5. The summed E-state index contributed by atoms with van der Waals surface area (Å²) in [5, 5.41) is 0.462. The minimum Gasteiger partial charge on any atom is -0.289 e. The molecule has 0 bridgehead atoms. The van der Waals surface area contributed by atoms with Gasteiger partial charge in [-0.2, -0.15) is 0 Å². The number of hydrogen-bond donors (Lipinski definition) is 0. The molecular weight excluding hydrogens is 727 g/mol. The minimum absolute atomic E-state index is 0.0267. The Hall–Kier alpha value is -6.81. The number of ketones is 3. The highest BCUT2D eigenvalue weighted by atomic mass is 35.5. The van der Waals surface area contributed by atoms with Gasteiger partial charge >= 0.3 is 0 Å². The van der Waals surface area contributed by atoms with Gasteiger partial charge in [-0.25, -0.2) is 9.80 Å². The number of imide groups is 2. The summed E-state index contributed by atoms with van der Waals surface area (Å²) in [6, 6.07) is 33.3. The van der Waals surface area contributed by atoms with Crippen LogP contribution in [0.25, 0.3) is 0 Å². The molecule has 2 heterocycles. The average molecular weight is 750 g/mol. The van der Waals surface area contributed by atoms with E-state index >= 15 is 0 Å². The first-order valence-corrected chi connectivity index (χ1v) is 17.2. The normalized spacial score (nSPS) is 13.3. The van der Waals surface area contributed by atoms with Gasteiger partial charge in [0.2, 0.25) is 0 Å². The van der Waals surface area contributed by atoms with Crippen LogP contribution in [-0.2, 0) is 0 Å². The molecule has 6 aromatic rings. The van der Waals surface area contributed by atoms with Gasteiger partial charge in [0.05, 0.1) is 33.6 Å². The first kappa shape index (κ1) is 34.3. The fourth-order valence-corrected chi connectivity index (χ4v) is 6.97. The van der Waals surface area contributed by atoms with Crippen molar-refractivity contribution in [2.45, 2.75) is 0 Å². The lowest BCUT2D eigenvalue weighted by atomic mass is 9.96. The standard InChI is InChI=1S/C43H22Cl2N2O7/c44-27-13-17-35(33(21-27)38(49)23-7-3-1-4-8-23)46-40(51)29-15-11-25(19-31(29)42(46)53)37(48)26-12-16-30-32(20-26)43(54)47(41(30)52)36-18-14-28(45)22-34(36)39(50)24-9-5-2-6-10-24/h1-22H. The van der Waals surface area contributed by atoms with Gasteiger partial charge in [-0.3, -0.25) is 33.6 Å². The Balaban J connectivity index is 1.10. The number of benzene rings is 6. The molecule has 9 nitrogen and oxygen atoms in total. The predicted octanol–water partition coefficient (Wildman–Crippen LogP) is 8.29. The molecule has 8 rings (SSSR count). The van der Waals surface area contributed by atoms with E-state index in [1.54, 1.807) is 60.7 Å². The van der Waals surface area contributed by atoms with Crippen LogP contribution in [0.4, 0.5) is 11.4 Å². The second kappa shape index (κ2) is 13.3. The van der Waals surface area contributed by atoms with E-state index in [4.69, 9.17) is 23.2 Å². The van der Waals surface area contributed by atoms with Gasteiger partial charge in [-0.1, -0.05) is 96.0 Å². The zero-order valence-corrected chi connectivity index (χ0v) is 29.2. The molecule has 0 N–H and O–H groups in total. The Kier molecular flexibility index (Phi) is 8.45. The van der Waals surface area contributed by atoms with E-state index in [9.17, 15) is 33.6 Å². The van der Waals surface area contributed by atoms with Crippen LogP contribution in [-0.4, -0.2) is 41.0 Å². The Morgan fingerprint density at radius 3 is 1.13 bits per heavy atom. The number of rotatable bonds is 8. The number of fused-ring (bicyclic) bond motifs is 2. The molecule has 260 valence electrons. The quantitative estimate of drug-likeness (QED) is 0.113. The molecular formula is C43H22Cl2N2O7. The molecule has 0 aromatic heterocycles. The van der Waals surface area contributed by atoms with Crippen LogP contribution in [0.1, 0.15) is 89.2 Å². The second-order valence-electron chi connectivity index (χ2n) is 12.5. The first-order chi connectivity index (χ1) is 26.0. The molecule has 0 spiro atoms. The molecule has 6 aromatic carbocycles. The Morgan fingerprint density at radius 1 is 0.370 bits per heavy atom. The van der Waals surface area contributed by atoms with Crippen LogP contribution in [0.2, 0.25) is 10.0 Å². The molecule has 0 fully saturated rings. The minimum atomic E-state index is -0.747. The van der Waals surface area contributed by atoms with Crippen LogP contribution >= 0.6 is 23.2 Å². The maximum Gasteiger partial charge on any atom is 0.266 e. The van der Waals surface area contributed by atoms with Crippen molar-refractivity contribution in [3.63, 3.8) is 0 Å². The maximum absolute atomic E-state index is 13.9. The van der Waals surface area contributed by atoms with Crippen molar-refractivity contribution in [2.75, 3.05) is 9.80 Å². The van der Waals surface area contributed by atoms with Gasteiger partial charge in [0.1, 0.15) is 0 Å². The lowest BCUT2D eigenvalue weighted by Gasteiger charge is -2.18. The predicted molar refractivity (Wildman–Crippen MR) is 201 cm³/mol. The van der Waals surface area contributed by atoms with Crippen molar-refractivity contribution in [1.82, 2.24) is 0 Å². The van der Waals surface area contributed by atoms with Crippen molar-refractivity contribution in [3.05, 3.63) is 199 Å². The number of nitrogens with zero attached hydrogens (tertiary/aromatic N) is 2. The molecule has 2 aliphatic rings. The Bertz CT molecular complexity index is 2490. The van der Waals surface area contributed by atoms with Gasteiger partial charge < -0.3 is 0 Å². The number of carbonyl (C=O) groups is 7. The van der Waals surface area contributed by atoms with Crippen LogP contribution in [0.3, 0.4) is 0 Å². The molecule has 2 aliphatic heterocycles. The Morgan fingerprint density at radius 2 is 0.741 bits per heavy atom. The van der Waals surface area contributed by atoms with E-state index < -0.39 is 41.0 Å². The summed E-state index contributed by atoms with van der Waals surface area (Å²) in [6.45, 7) is 0. The fourth-order valence-electron chi connectivity index (χ4n) is 6.63. The largest absolute Gasteiger partial charge is 0.289 e. The van der Waals surface area contributed by atoms with E-state index in [2.05, 4.69) is 0 Å². The number of anilines is 2. The summed E-state index contributed by atoms with van der Waals surface area (Å²) < 4.78 is 0. The number of carbonyl (C=O) groups excluding carboxylic acids is 7. The van der Waals surface area contributed by atoms with Crippen LogP contribution in [0.15, 0.2) is 133 Å². The van der Waals surface area contributed by atoms with E-state index in [1.165, 1.54) is 72.8 Å². The van der Waals surface area contributed by atoms with Crippen molar-refractivity contribution in [2.24, 2.45) is 0 Å². The molecule has 0 aliphatic carbocycles. The zero-order chi connectivity index (χ0) is 37.8. The van der Waals surface area contributed by atoms with Crippen LogP contribution in [0.5, 0.6) is 0 Å². The summed E-state index contributed by atoms with van der Waals surface area (Å²) in [6.07, 6.45) is 0. The summed E-state index contributed by atoms with van der Waals surface area (Å²) in [4.78, 5) is 97.5. The molecule has 11 heteroatoms. The third kappa shape index (κ3) is 5.63. The molecule has 54 heavy (non-hydrogen) atoms. The van der Waals surface area contributed by atoms with Crippen molar-refractivity contribution >= 4 is 75.6 Å². The number of hydrogen-bond acceptors (Lipinski definition) is 7. The van der Waals surface area contributed by atoms with Gasteiger partial charge in [0.15, 0.2) is 17.3 Å². The SMILES string of the molecule is O=C(c1ccc2c(c1)C(=O)N(c1ccc(Cl)cc1C(=O)c1ccccc1)C2=O)c1ccc2c(c1)C(=O)N(c1ccc(Cl)cc1C(=O)c1ccccc1)C2=O. The summed E-state index contributed by atoms with van der Waals surface area (Å²) in [5.41, 5.74) is 0.827. The van der Waals surface area contributed by atoms with Gasteiger partial charge in [-0.15, -0.1) is 0 Å². The summed E-state index contributed by atoms with van der Waals surface area (Å²) in [5.74, 6) is -4.35. The average Bonchev–Trinajstić information content (AvgIpc) is 3.60. The molecule has 0 unspecified atom stereocenters. The first-order valence-electron chi connectivity index (χ1n) is 16.4. The Labute approximate surface area is 317 Å². The molecule has 0 saturated carbocycles. The van der Waals surface area contributed by atoms with Crippen LogP contribution in [0, 0.1) is 0 Å². The smallest absolute Gasteiger partial charge is 0.266 e. The van der Waals surface area contributed by atoms with Gasteiger partial charge in [0, 0.05) is 43.4 Å². The summed E-state index contributed by atoms with van der Waals surface area (Å²) in [7, 11) is 0. The van der Waals surface area contributed by atoms with Crippen molar-refractivity contribution in [1.29, 1.82) is 0 Å². The molecule has 0 radical (unpaired) electrons. The number of halogens is 2. The van der Waals surface area contributed by atoms with Gasteiger partial charge in [-0.05, 0) is 60.7 Å². The highest BCUT2D eigenvalue weighted by molar-refractivity contribution is 6.38. The highest BCUT2D eigenvalue weighted by Gasteiger charge is 2.41. The third-order valence-corrected chi connectivity index (χ3v) is 9.73. The van der Waals surface area contributed by atoms with E-state index in [1.807, 2.05) is 0 Å².